The molecule has 2 aromatic rings. The highest BCUT2D eigenvalue weighted by atomic mass is 19.1. The molecule has 3 rings (SSSR count). The molecule has 0 heterocycles. The molecule has 0 aromatic heterocycles. The number of hydrogen-bond acceptors (Lipinski definition) is 2. The summed E-state index contributed by atoms with van der Waals surface area (Å²) in [6.07, 6.45) is 1.19. The van der Waals surface area contributed by atoms with Gasteiger partial charge in [0.15, 0.2) is 5.78 Å². The van der Waals surface area contributed by atoms with Crippen LogP contribution in [0.2, 0.25) is 0 Å². The molecule has 0 saturated carbocycles. The largest absolute Gasteiger partial charge is 0.381 e. The number of carbonyl (C=O) groups is 1. The molecule has 0 saturated heterocycles. The predicted octanol–water partition coefficient (Wildman–Crippen LogP) is 2.93. The Bertz CT molecular complexity index is 666. The zero-order valence-electron chi connectivity index (χ0n) is 11.0. The molecule has 0 bridgehead atoms. The Balaban J connectivity index is 1.92. The molecular weight excluding hydrogens is 255 g/mol. The minimum absolute atomic E-state index is 0.151. The van der Waals surface area contributed by atoms with E-state index in [-0.39, 0.29) is 18.0 Å². The molecule has 0 spiro atoms. The van der Waals surface area contributed by atoms with Gasteiger partial charge in [-0.3, -0.25) is 4.79 Å². The number of carbonyl (C=O) groups excluding carboxylic acids is 1. The second-order valence-corrected chi connectivity index (χ2v) is 5.32. The number of rotatable bonds is 2. The van der Waals surface area contributed by atoms with Crippen molar-refractivity contribution in [1.82, 2.24) is 0 Å². The maximum Gasteiger partial charge on any atom is 0.194 e. The molecule has 102 valence electrons. The van der Waals surface area contributed by atoms with E-state index in [0.717, 1.165) is 5.56 Å². The zero-order valence-corrected chi connectivity index (χ0v) is 11.0. The summed E-state index contributed by atoms with van der Waals surface area (Å²) in [5.74, 6) is -0.613. The Labute approximate surface area is 116 Å². The molecule has 1 atom stereocenters. The Morgan fingerprint density at radius 1 is 1.15 bits per heavy atom. The number of aliphatic hydroxyl groups is 1. The monoisotopic (exact) mass is 270 g/mol. The summed E-state index contributed by atoms with van der Waals surface area (Å²) in [5, 5.41) is 10.7. The van der Waals surface area contributed by atoms with Crippen LogP contribution in [-0.2, 0) is 12.8 Å². The molecule has 1 aliphatic rings. The van der Waals surface area contributed by atoms with E-state index < -0.39 is 5.60 Å². The highest BCUT2D eigenvalue weighted by Crippen LogP contribution is 2.31. The van der Waals surface area contributed by atoms with Gasteiger partial charge in [-0.05, 0) is 36.1 Å². The van der Waals surface area contributed by atoms with E-state index in [9.17, 15) is 14.3 Å². The van der Waals surface area contributed by atoms with E-state index in [1.165, 1.54) is 12.1 Å². The molecule has 0 fully saturated rings. The smallest absolute Gasteiger partial charge is 0.194 e. The lowest BCUT2D eigenvalue weighted by Gasteiger charge is -2.32. The molecule has 0 radical (unpaired) electrons. The first-order valence-corrected chi connectivity index (χ1v) is 6.68. The van der Waals surface area contributed by atoms with Crippen molar-refractivity contribution in [3.05, 3.63) is 71.0 Å². The summed E-state index contributed by atoms with van der Waals surface area (Å²) in [7, 11) is 0. The molecule has 20 heavy (non-hydrogen) atoms. The number of benzene rings is 2. The third-order valence-electron chi connectivity index (χ3n) is 3.88. The third-order valence-corrected chi connectivity index (χ3v) is 3.88. The average molecular weight is 270 g/mol. The highest BCUT2D eigenvalue weighted by Gasteiger charge is 2.40. The SMILES string of the molecule is O=C1c2ccccc2CCC1(O)Cc1cccc(F)c1. The fourth-order valence-electron chi connectivity index (χ4n) is 2.82. The maximum absolute atomic E-state index is 13.2. The normalized spacial score (nSPS) is 21.6. The predicted molar refractivity (Wildman–Crippen MR) is 74.1 cm³/mol. The van der Waals surface area contributed by atoms with Crippen molar-refractivity contribution in [1.29, 1.82) is 0 Å². The molecule has 0 amide bonds. The lowest BCUT2D eigenvalue weighted by molar-refractivity contribution is 0.0245. The van der Waals surface area contributed by atoms with Crippen molar-refractivity contribution in [2.45, 2.75) is 24.9 Å². The fraction of sp³-hybridized carbons (Fsp3) is 0.235. The zero-order chi connectivity index (χ0) is 14.2. The molecule has 1 N–H and O–H groups in total. The van der Waals surface area contributed by atoms with Gasteiger partial charge in [0.2, 0.25) is 0 Å². The summed E-state index contributed by atoms with van der Waals surface area (Å²) in [4.78, 5) is 12.5. The van der Waals surface area contributed by atoms with Crippen molar-refractivity contribution in [2.24, 2.45) is 0 Å². The van der Waals surface area contributed by atoms with E-state index in [4.69, 9.17) is 0 Å². The van der Waals surface area contributed by atoms with Crippen molar-refractivity contribution in [2.75, 3.05) is 0 Å². The third kappa shape index (κ3) is 2.25. The summed E-state index contributed by atoms with van der Waals surface area (Å²) >= 11 is 0. The number of Topliss-reactive ketones (excluding diaryl/α,β-unsaturated/α-hetero) is 1. The van der Waals surface area contributed by atoms with Crippen molar-refractivity contribution in [3.8, 4) is 0 Å². The first-order valence-electron chi connectivity index (χ1n) is 6.68. The van der Waals surface area contributed by atoms with E-state index >= 15 is 0 Å². The van der Waals surface area contributed by atoms with Gasteiger partial charge in [-0.25, -0.2) is 4.39 Å². The van der Waals surface area contributed by atoms with Gasteiger partial charge >= 0.3 is 0 Å². The van der Waals surface area contributed by atoms with Gasteiger partial charge in [-0.15, -0.1) is 0 Å². The van der Waals surface area contributed by atoms with Crippen molar-refractivity contribution in [3.63, 3.8) is 0 Å². The van der Waals surface area contributed by atoms with Gasteiger partial charge in [0.25, 0.3) is 0 Å². The molecular formula is C17H15FO2. The molecule has 0 aliphatic heterocycles. The highest BCUT2D eigenvalue weighted by molar-refractivity contribution is 6.04. The lowest BCUT2D eigenvalue weighted by Crippen LogP contribution is -2.44. The number of hydrogen-bond donors (Lipinski definition) is 1. The van der Waals surface area contributed by atoms with Gasteiger partial charge in [0, 0.05) is 12.0 Å². The fourth-order valence-corrected chi connectivity index (χ4v) is 2.82. The molecule has 3 heteroatoms. The summed E-state index contributed by atoms with van der Waals surface area (Å²) in [6.45, 7) is 0. The van der Waals surface area contributed by atoms with Gasteiger partial charge in [0.1, 0.15) is 11.4 Å². The first kappa shape index (κ1) is 13.0. The van der Waals surface area contributed by atoms with Crippen LogP contribution in [-0.4, -0.2) is 16.5 Å². The minimum Gasteiger partial charge on any atom is -0.381 e. The van der Waals surface area contributed by atoms with Crippen LogP contribution in [0.5, 0.6) is 0 Å². The maximum atomic E-state index is 13.2. The Kier molecular flexibility index (Phi) is 3.14. The van der Waals surface area contributed by atoms with Crippen LogP contribution >= 0.6 is 0 Å². The van der Waals surface area contributed by atoms with E-state index in [1.54, 1.807) is 24.3 Å². The van der Waals surface area contributed by atoms with E-state index in [0.29, 0.717) is 24.0 Å². The standard InChI is InChI=1S/C17H15FO2/c18-14-6-3-4-12(10-14)11-17(20)9-8-13-5-1-2-7-15(13)16(17)19/h1-7,10,20H,8-9,11H2. The van der Waals surface area contributed by atoms with E-state index in [2.05, 4.69) is 0 Å². The number of ketones is 1. The van der Waals surface area contributed by atoms with Crippen LogP contribution in [0.15, 0.2) is 48.5 Å². The Hall–Kier alpha value is -2.00. The summed E-state index contributed by atoms with van der Waals surface area (Å²) < 4.78 is 13.2. The van der Waals surface area contributed by atoms with E-state index in [1.807, 2.05) is 12.1 Å². The quantitative estimate of drug-likeness (QED) is 0.911. The second-order valence-electron chi connectivity index (χ2n) is 5.32. The second kappa shape index (κ2) is 4.84. The van der Waals surface area contributed by atoms with Gasteiger partial charge < -0.3 is 5.11 Å². The van der Waals surface area contributed by atoms with Crippen LogP contribution < -0.4 is 0 Å². The van der Waals surface area contributed by atoms with Crippen LogP contribution in [0.1, 0.15) is 27.9 Å². The Morgan fingerprint density at radius 2 is 1.95 bits per heavy atom. The van der Waals surface area contributed by atoms with Crippen LogP contribution in [0.3, 0.4) is 0 Å². The molecule has 2 nitrogen and oxygen atoms in total. The average Bonchev–Trinajstić information content (AvgIpc) is 2.44. The van der Waals surface area contributed by atoms with Gasteiger partial charge in [-0.1, -0.05) is 36.4 Å². The van der Waals surface area contributed by atoms with Gasteiger partial charge in [0.05, 0.1) is 0 Å². The van der Waals surface area contributed by atoms with Crippen molar-refractivity contribution >= 4 is 5.78 Å². The van der Waals surface area contributed by atoms with Crippen molar-refractivity contribution < 1.29 is 14.3 Å². The Morgan fingerprint density at radius 3 is 2.75 bits per heavy atom. The number of aryl methyl sites for hydroxylation is 1. The van der Waals surface area contributed by atoms with Gasteiger partial charge in [-0.2, -0.15) is 0 Å². The molecule has 1 unspecified atom stereocenters. The minimum atomic E-state index is -1.43. The van der Waals surface area contributed by atoms with Crippen LogP contribution in [0.4, 0.5) is 4.39 Å². The number of fused-ring (bicyclic) bond motifs is 1. The molecule has 1 aliphatic carbocycles. The lowest BCUT2D eigenvalue weighted by atomic mass is 9.76. The topological polar surface area (TPSA) is 37.3 Å². The van der Waals surface area contributed by atoms with Crippen LogP contribution in [0, 0.1) is 5.82 Å². The number of halogens is 1. The van der Waals surface area contributed by atoms with Crippen LogP contribution in [0.25, 0.3) is 0 Å². The summed E-state index contributed by atoms with van der Waals surface area (Å²) in [5.41, 5.74) is 0.765. The first-order chi connectivity index (χ1) is 9.58. The summed E-state index contributed by atoms with van der Waals surface area (Å²) in [6, 6.07) is 13.4. The molecule has 2 aromatic carbocycles.